The number of hydrogen-bond acceptors (Lipinski definition) is 5. The molecule has 1 heterocycles. The molecule has 1 unspecified atom stereocenters. The fourth-order valence-electron chi connectivity index (χ4n) is 3.82. The van der Waals surface area contributed by atoms with E-state index in [1.807, 2.05) is 33.3 Å². The number of alkyl halides is 2. The van der Waals surface area contributed by atoms with Gasteiger partial charge in [-0.3, -0.25) is 20.1 Å². The van der Waals surface area contributed by atoms with E-state index in [4.69, 9.17) is 0 Å². The van der Waals surface area contributed by atoms with Gasteiger partial charge in [-0.2, -0.15) is 5.10 Å². The number of rotatable bonds is 6. The lowest BCUT2D eigenvalue weighted by atomic mass is 10.0. The van der Waals surface area contributed by atoms with E-state index in [0.717, 1.165) is 17.5 Å². The fraction of sp³-hybridized carbons (Fsp3) is 0.444. The van der Waals surface area contributed by atoms with E-state index in [1.165, 1.54) is 17.9 Å². The van der Waals surface area contributed by atoms with E-state index in [-0.39, 0.29) is 11.6 Å². The number of aromatic nitrogens is 2. The van der Waals surface area contributed by atoms with Gasteiger partial charge >= 0.3 is 0 Å². The summed E-state index contributed by atoms with van der Waals surface area (Å²) in [6, 6.07) is 5.60. The number of benzene rings is 1. The molecule has 1 atom stereocenters. The summed E-state index contributed by atoms with van der Waals surface area (Å²) >= 11 is 0. The lowest BCUT2D eigenvalue weighted by molar-refractivity contribution is 0.101. The fourth-order valence-corrected chi connectivity index (χ4v) is 3.82. The van der Waals surface area contributed by atoms with Gasteiger partial charge in [0.25, 0.3) is 12.3 Å². The minimum Gasteiger partial charge on any atom is -0.322 e. The van der Waals surface area contributed by atoms with Crippen LogP contribution >= 0.6 is 0 Å². The van der Waals surface area contributed by atoms with Crippen molar-refractivity contribution in [3.8, 4) is 0 Å². The SMILES string of the molecule is CNC1CC(NC)(NC)c2cccc(NC(=O)c3cn(C)nc3C(F)F)c21. The highest BCUT2D eigenvalue weighted by molar-refractivity contribution is 6.05. The molecule has 0 radical (unpaired) electrons. The maximum Gasteiger partial charge on any atom is 0.282 e. The van der Waals surface area contributed by atoms with Crippen molar-refractivity contribution in [1.82, 2.24) is 25.7 Å². The molecule has 7 nitrogen and oxygen atoms in total. The number of fused-ring (bicyclic) bond motifs is 1. The lowest BCUT2D eigenvalue weighted by Crippen LogP contribution is -2.49. The quantitative estimate of drug-likeness (QED) is 0.577. The van der Waals surface area contributed by atoms with Gasteiger partial charge in [-0.05, 0) is 38.3 Å². The van der Waals surface area contributed by atoms with E-state index >= 15 is 0 Å². The van der Waals surface area contributed by atoms with Crippen LogP contribution in [0.4, 0.5) is 14.5 Å². The Bertz CT molecular complexity index is 846. The van der Waals surface area contributed by atoms with Crippen LogP contribution in [0.5, 0.6) is 0 Å². The van der Waals surface area contributed by atoms with E-state index in [9.17, 15) is 13.6 Å². The van der Waals surface area contributed by atoms with Crippen molar-refractivity contribution < 1.29 is 13.6 Å². The maximum absolute atomic E-state index is 13.2. The van der Waals surface area contributed by atoms with E-state index in [1.54, 1.807) is 6.07 Å². The van der Waals surface area contributed by atoms with Crippen molar-refractivity contribution in [2.45, 2.75) is 24.6 Å². The van der Waals surface area contributed by atoms with Crippen LogP contribution in [0, 0.1) is 0 Å². The Hall–Kier alpha value is -2.36. The molecule has 0 saturated carbocycles. The van der Waals surface area contributed by atoms with Gasteiger partial charge in [0.05, 0.1) is 11.2 Å². The van der Waals surface area contributed by atoms with Crippen LogP contribution in [0.1, 0.15) is 46.1 Å². The molecule has 4 N–H and O–H groups in total. The third-order valence-corrected chi connectivity index (χ3v) is 5.18. The molecule has 9 heteroatoms. The number of anilines is 1. The number of nitrogens with zero attached hydrogens (tertiary/aromatic N) is 2. The minimum absolute atomic E-state index is 0.0140. The van der Waals surface area contributed by atoms with Crippen LogP contribution in [0.2, 0.25) is 0 Å². The highest BCUT2D eigenvalue weighted by Crippen LogP contribution is 2.44. The van der Waals surface area contributed by atoms with Gasteiger partial charge in [-0.1, -0.05) is 12.1 Å². The van der Waals surface area contributed by atoms with Crippen molar-refractivity contribution in [2.75, 3.05) is 26.5 Å². The summed E-state index contributed by atoms with van der Waals surface area (Å²) in [6.45, 7) is 0. The van der Waals surface area contributed by atoms with Crippen LogP contribution in [0.15, 0.2) is 24.4 Å². The summed E-state index contributed by atoms with van der Waals surface area (Å²) in [7, 11) is 7.10. The zero-order chi connectivity index (χ0) is 19.8. The standard InChI is InChI=1S/C18H24F2N6O/c1-21-13-8-18(22-2,23-3)11-6-5-7-12(14(11)13)24-17(27)10-9-26(4)25-15(10)16(19)20/h5-7,9,13,16,21-23H,8H2,1-4H3,(H,24,27). The number of nitrogens with one attached hydrogen (secondary N) is 4. The van der Waals surface area contributed by atoms with Crippen molar-refractivity contribution in [1.29, 1.82) is 0 Å². The van der Waals surface area contributed by atoms with Gasteiger partial charge in [-0.15, -0.1) is 0 Å². The molecule has 2 aromatic rings. The lowest BCUT2D eigenvalue weighted by Gasteiger charge is -2.30. The maximum atomic E-state index is 13.2. The number of hydrogen-bond donors (Lipinski definition) is 4. The average molecular weight is 378 g/mol. The first-order valence-corrected chi connectivity index (χ1v) is 8.68. The monoisotopic (exact) mass is 378 g/mol. The van der Waals surface area contributed by atoms with Gasteiger partial charge in [0.2, 0.25) is 0 Å². The molecule has 0 fully saturated rings. The largest absolute Gasteiger partial charge is 0.322 e. The molecule has 3 rings (SSSR count). The van der Waals surface area contributed by atoms with Gasteiger partial charge in [0.15, 0.2) is 0 Å². The van der Waals surface area contributed by atoms with E-state index < -0.39 is 23.7 Å². The van der Waals surface area contributed by atoms with Gasteiger partial charge in [0, 0.05) is 31.4 Å². The number of amides is 1. The summed E-state index contributed by atoms with van der Waals surface area (Å²) in [5.41, 5.74) is 1.44. The molecule has 146 valence electrons. The van der Waals surface area contributed by atoms with Gasteiger partial charge in [-0.25, -0.2) is 8.78 Å². The van der Waals surface area contributed by atoms with Crippen molar-refractivity contribution >= 4 is 11.6 Å². The van der Waals surface area contributed by atoms with E-state index in [2.05, 4.69) is 26.4 Å². The summed E-state index contributed by atoms with van der Waals surface area (Å²) in [5.74, 6) is -0.604. The van der Waals surface area contributed by atoms with Crippen LogP contribution < -0.4 is 21.3 Å². The summed E-state index contributed by atoms with van der Waals surface area (Å²) in [6.07, 6.45) is -0.783. The third kappa shape index (κ3) is 3.22. The van der Waals surface area contributed by atoms with Crippen LogP contribution in [-0.2, 0) is 12.7 Å². The van der Waals surface area contributed by atoms with Crippen LogP contribution in [-0.4, -0.2) is 36.8 Å². The second-order valence-electron chi connectivity index (χ2n) is 6.57. The highest BCUT2D eigenvalue weighted by atomic mass is 19.3. The molecule has 0 aliphatic heterocycles. The van der Waals surface area contributed by atoms with Crippen molar-refractivity contribution in [3.63, 3.8) is 0 Å². The van der Waals surface area contributed by atoms with Crippen LogP contribution in [0.25, 0.3) is 0 Å². The molecule has 1 aromatic carbocycles. The smallest absolute Gasteiger partial charge is 0.282 e. The second kappa shape index (κ2) is 7.34. The second-order valence-corrected chi connectivity index (χ2v) is 6.57. The molecule has 1 aromatic heterocycles. The molecule has 0 spiro atoms. The van der Waals surface area contributed by atoms with Crippen molar-refractivity contribution in [3.05, 3.63) is 46.8 Å². The average Bonchev–Trinajstić information content (AvgIpc) is 3.21. The normalized spacial score (nSPS) is 18.0. The zero-order valence-corrected chi connectivity index (χ0v) is 15.7. The summed E-state index contributed by atoms with van der Waals surface area (Å²) in [4.78, 5) is 12.7. The molecule has 1 aliphatic rings. The molecule has 27 heavy (non-hydrogen) atoms. The number of carbonyl (C=O) groups is 1. The Labute approximate surface area is 156 Å². The predicted octanol–water partition coefficient (Wildman–Crippen LogP) is 1.87. The molecule has 0 bridgehead atoms. The highest BCUT2D eigenvalue weighted by Gasteiger charge is 2.42. The Kier molecular flexibility index (Phi) is 5.27. The predicted molar refractivity (Wildman–Crippen MR) is 98.8 cm³/mol. The van der Waals surface area contributed by atoms with Gasteiger partial charge < -0.3 is 10.6 Å². The topological polar surface area (TPSA) is 83.0 Å². The Morgan fingerprint density at radius 2 is 2.00 bits per heavy atom. The number of halogens is 2. The molecule has 1 aliphatic carbocycles. The Balaban J connectivity index is 2.01. The molecular formula is C18H24F2N6O. The first-order chi connectivity index (χ1) is 12.9. The molecule has 1 amide bonds. The van der Waals surface area contributed by atoms with Crippen molar-refractivity contribution in [2.24, 2.45) is 7.05 Å². The van der Waals surface area contributed by atoms with Crippen LogP contribution in [0.3, 0.4) is 0 Å². The number of aryl methyl sites for hydroxylation is 1. The molecule has 0 saturated heterocycles. The summed E-state index contributed by atoms with van der Waals surface area (Å²) in [5, 5.41) is 16.4. The Morgan fingerprint density at radius 3 is 2.59 bits per heavy atom. The Morgan fingerprint density at radius 1 is 1.30 bits per heavy atom. The summed E-state index contributed by atoms with van der Waals surface area (Å²) < 4.78 is 27.6. The molecular weight excluding hydrogens is 354 g/mol. The number of carbonyl (C=O) groups excluding carboxylic acids is 1. The zero-order valence-electron chi connectivity index (χ0n) is 15.7. The third-order valence-electron chi connectivity index (χ3n) is 5.18. The van der Waals surface area contributed by atoms with E-state index in [0.29, 0.717) is 5.69 Å². The first kappa shape index (κ1) is 19.4. The first-order valence-electron chi connectivity index (χ1n) is 8.68. The van der Waals surface area contributed by atoms with Gasteiger partial charge in [0.1, 0.15) is 5.69 Å². The minimum atomic E-state index is -2.82.